The van der Waals surface area contributed by atoms with E-state index in [9.17, 15) is 13.6 Å². The van der Waals surface area contributed by atoms with E-state index in [0.29, 0.717) is 55.0 Å². The van der Waals surface area contributed by atoms with Gasteiger partial charge in [-0.2, -0.15) is 5.10 Å². The van der Waals surface area contributed by atoms with Crippen LogP contribution in [-0.2, 0) is 27.0 Å². The van der Waals surface area contributed by atoms with Gasteiger partial charge in [0.05, 0.1) is 35.9 Å². The van der Waals surface area contributed by atoms with E-state index in [2.05, 4.69) is 9.80 Å². The molecule has 0 radical (unpaired) electrons. The van der Waals surface area contributed by atoms with Crippen molar-refractivity contribution in [2.45, 2.75) is 49.6 Å². The molecule has 2 aromatic rings. The maximum atomic E-state index is 13.7. The molecule has 214 valence electrons. The van der Waals surface area contributed by atoms with Crippen molar-refractivity contribution in [3.63, 3.8) is 0 Å². The summed E-state index contributed by atoms with van der Waals surface area (Å²) in [5.74, 6) is -0.0906. The predicted octanol–water partition coefficient (Wildman–Crippen LogP) is 2.52. The van der Waals surface area contributed by atoms with Crippen LogP contribution in [-0.4, -0.2) is 118 Å². The molecule has 0 saturated carbocycles. The van der Waals surface area contributed by atoms with Gasteiger partial charge >= 0.3 is 0 Å². The average molecular weight is 560 g/mol. The molecule has 3 atom stereocenters. The van der Waals surface area contributed by atoms with Crippen LogP contribution in [0.2, 0.25) is 0 Å². The Morgan fingerprint density at radius 1 is 1.10 bits per heavy atom. The zero-order chi connectivity index (χ0) is 27.4. The number of morpholine rings is 1. The van der Waals surface area contributed by atoms with Crippen LogP contribution >= 0.6 is 0 Å². The first-order valence-electron chi connectivity index (χ1n) is 14.2. The summed E-state index contributed by atoms with van der Waals surface area (Å²) in [6, 6.07) is 7.27. The number of carbonyl (C=O) groups excluding carboxylic acids is 1. The summed E-state index contributed by atoms with van der Waals surface area (Å²) in [5.41, 5.74) is 2.75. The number of aromatic nitrogens is 2. The van der Waals surface area contributed by atoms with Gasteiger partial charge in [-0.1, -0.05) is 25.1 Å². The lowest BCUT2D eigenvalue weighted by atomic mass is 10.0. The number of benzene rings is 1. The van der Waals surface area contributed by atoms with E-state index in [1.165, 1.54) is 0 Å². The van der Waals surface area contributed by atoms with Gasteiger partial charge in [0.1, 0.15) is 0 Å². The van der Waals surface area contributed by atoms with Crippen LogP contribution in [0.1, 0.15) is 48.3 Å². The van der Waals surface area contributed by atoms with E-state index in [0.717, 1.165) is 69.8 Å². The average Bonchev–Trinajstić information content (AvgIpc) is 3.61. The number of rotatable bonds is 9. The summed E-state index contributed by atoms with van der Waals surface area (Å²) in [5, 5.41) is 5.00. The molecule has 3 saturated heterocycles. The van der Waals surface area contributed by atoms with Gasteiger partial charge in [0.15, 0.2) is 16.8 Å². The third-order valence-corrected chi connectivity index (χ3v) is 9.05. The standard InChI is InChI=1S/C28H41N5O5S/c1-3-23-26(28(34)32-15-17-38-18-16-32)29-33(27(23)24-8-4-5-9-25(24)39(35)36)21-7-6-11-30(19-21)13-14-31-12-10-22(20-31)37-2/h4-5,8-9,21-22H,3,6-7,10-20H2,1-2H3,(H,35,36)/t21-,22?/m0/s1. The quantitative estimate of drug-likeness (QED) is 0.468. The number of carbonyl (C=O) groups is 1. The van der Waals surface area contributed by atoms with E-state index >= 15 is 0 Å². The first-order chi connectivity index (χ1) is 19.0. The smallest absolute Gasteiger partial charge is 0.274 e. The van der Waals surface area contributed by atoms with Gasteiger partial charge in [0.25, 0.3) is 5.91 Å². The molecule has 0 spiro atoms. The number of methoxy groups -OCH3 is 1. The lowest BCUT2D eigenvalue weighted by Crippen LogP contribution is -2.42. The van der Waals surface area contributed by atoms with Gasteiger partial charge in [0.2, 0.25) is 0 Å². The number of hydrogen-bond donors (Lipinski definition) is 1. The Balaban J connectivity index is 1.46. The highest BCUT2D eigenvalue weighted by Gasteiger charge is 2.33. The van der Waals surface area contributed by atoms with Crippen molar-refractivity contribution in [1.82, 2.24) is 24.5 Å². The summed E-state index contributed by atoms with van der Waals surface area (Å²) in [7, 11) is 1.79. The molecule has 1 aromatic heterocycles. The molecule has 1 N–H and O–H groups in total. The van der Waals surface area contributed by atoms with Crippen LogP contribution < -0.4 is 0 Å². The summed E-state index contributed by atoms with van der Waals surface area (Å²) in [4.78, 5) is 20.8. The molecule has 39 heavy (non-hydrogen) atoms. The van der Waals surface area contributed by atoms with Crippen LogP contribution in [0.4, 0.5) is 0 Å². The Morgan fingerprint density at radius 3 is 2.54 bits per heavy atom. The third kappa shape index (κ3) is 6.28. The third-order valence-electron chi connectivity index (χ3n) is 8.31. The number of amides is 1. The van der Waals surface area contributed by atoms with Crippen LogP contribution in [0.15, 0.2) is 29.2 Å². The van der Waals surface area contributed by atoms with Gasteiger partial charge in [0, 0.05) is 64.0 Å². The lowest BCUT2D eigenvalue weighted by Gasteiger charge is -2.34. The van der Waals surface area contributed by atoms with Crippen molar-refractivity contribution >= 4 is 17.0 Å². The van der Waals surface area contributed by atoms with Crippen LogP contribution in [0.3, 0.4) is 0 Å². The van der Waals surface area contributed by atoms with Crippen molar-refractivity contribution in [2.24, 2.45) is 0 Å². The second-order valence-electron chi connectivity index (χ2n) is 10.7. The molecule has 5 rings (SSSR count). The van der Waals surface area contributed by atoms with Gasteiger partial charge < -0.3 is 18.9 Å². The summed E-state index contributed by atoms with van der Waals surface area (Å²) < 4.78 is 35.5. The monoisotopic (exact) mass is 559 g/mol. The minimum absolute atomic E-state index is 0.0655. The normalized spacial score (nSPS) is 23.8. The van der Waals surface area contributed by atoms with Crippen molar-refractivity contribution < 1.29 is 23.0 Å². The van der Waals surface area contributed by atoms with E-state index in [-0.39, 0.29) is 11.9 Å². The Kier molecular flexibility index (Phi) is 9.47. The second kappa shape index (κ2) is 13.0. The number of nitrogens with zero attached hydrogens (tertiary/aromatic N) is 5. The zero-order valence-corrected chi connectivity index (χ0v) is 23.9. The van der Waals surface area contributed by atoms with E-state index < -0.39 is 11.1 Å². The Hall–Kier alpha value is -2.15. The van der Waals surface area contributed by atoms with Crippen molar-refractivity contribution in [1.29, 1.82) is 0 Å². The maximum Gasteiger partial charge on any atom is 0.274 e. The van der Waals surface area contributed by atoms with Gasteiger partial charge in [-0.3, -0.25) is 19.3 Å². The molecular formula is C28H41N5O5S. The van der Waals surface area contributed by atoms with E-state index in [1.807, 2.05) is 28.6 Å². The van der Waals surface area contributed by atoms with Gasteiger partial charge in [-0.05, 0) is 38.3 Å². The summed E-state index contributed by atoms with van der Waals surface area (Å²) >= 11 is -2.16. The summed E-state index contributed by atoms with van der Waals surface area (Å²) in [6.07, 6.45) is 3.99. The van der Waals surface area contributed by atoms with Crippen LogP contribution in [0, 0.1) is 0 Å². The van der Waals surface area contributed by atoms with Crippen molar-refractivity contribution in [3.05, 3.63) is 35.5 Å². The largest absolute Gasteiger partial charge is 0.380 e. The molecule has 3 aliphatic heterocycles. The molecule has 1 aromatic carbocycles. The molecule has 0 bridgehead atoms. The SMILES string of the molecule is CCc1c(C(=O)N2CCOCC2)nn([C@H]2CCCN(CCN3CCC(OC)C3)C2)c1-c1ccccc1S(=O)O. The molecule has 11 heteroatoms. The molecule has 3 aliphatic rings. The summed E-state index contributed by atoms with van der Waals surface area (Å²) in [6.45, 7) is 10.0. The van der Waals surface area contributed by atoms with E-state index in [4.69, 9.17) is 14.6 Å². The molecule has 3 fully saturated rings. The predicted molar refractivity (Wildman–Crippen MR) is 149 cm³/mol. The maximum absolute atomic E-state index is 13.7. The molecule has 1 amide bonds. The Labute approximate surface area is 233 Å². The number of likely N-dealkylation sites (tertiary alicyclic amines) is 2. The fourth-order valence-corrected chi connectivity index (χ4v) is 6.71. The van der Waals surface area contributed by atoms with Crippen LogP contribution in [0.25, 0.3) is 11.3 Å². The fraction of sp³-hybridized carbons (Fsp3) is 0.643. The number of ether oxygens (including phenoxy) is 2. The second-order valence-corrected chi connectivity index (χ2v) is 11.6. The lowest BCUT2D eigenvalue weighted by molar-refractivity contribution is 0.0297. The molecule has 0 aliphatic carbocycles. The topological polar surface area (TPSA) is 100 Å². The minimum atomic E-state index is -2.16. The fourth-order valence-electron chi connectivity index (χ4n) is 6.17. The van der Waals surface area contributed by atoms with Gasteiger partial charge in [-0.15, -0.1) is 0 Å². The highest BCUT2D eigenvalue weighted by molar-refractivity contribution is 7.79. The highest BCUT2D eigenvalue weighted by atomic mass is 32.2. The van der Waals surface area contributed by atoms with Crippen LogP contribution in [0.5, 0.6) is 0 Å². The van der Waals surface area contributed by atoms with E-state index in [1.54, 1.807) is 19.2 Å². The Morgan fingerprint density at radius 2 is 1.85 bits per heavy atom. The van der Waals surface area contributed by atoms with Gasteiger partial charge in [-0.25, -0.2) is 4.21 Å². The highest BCUT2D eigenvalue weighted by Crippen LogP contribution is 2.36. The first kappa shape index (κ1) is 28.4. The van der Waals surface area contributed by atoms with Crippen molar-refractivity contribution in [2.75, 3.05) is 72.7 Å². The molecule has 2 unspecified atom stereocenters. The molecule has 4 heterocycles. The number of piperidine rings is 1. The number of hydrogen-bond acceptors (Lipinski definition) is 7. The van der Waals surface area contributed by atoms with Crippen molar-refractivity contribution in [3.8, 4) is 11.3 Å². The first-order valence-corrected chi connectivity index (χ1v) is 15.3. The minimum Gasteiger partial charge on any atom is -0.380 e. The molecular weight excluding hydrogens is 518 g/mol. The zero-order valence-electron chi connectivity index (χ0n) is 23.1. The Bertz CT molecular complexity index is 1170. The molecule has 10 nitrogen and oxygen atoms in total.